The molecule has 1 atom stereocenters. The SMILES string of the molecule is CCC(O)(c1nccs1)C1CCNCC1. The number of nitrogens with zero attached hydrogens (tertiary/aromatic N) is 1. The van der Waals surface area contributed by atoms with Crippen LogP contribution in [-0.2, 0) is 5.60 Å². The first-order valence-corrected chi connectivity index (χ1v) is 6.48. The van der Waals surface area contributed by atoms with Gasteiger partial charge in [-0.1, -0.05) is 6.92 Å². The molecule has 0 amide bonds. The van der Waals surface area contributed by atoms with Crippen LogP contribution < -0.4 is 5.32 Å². The zero-order valence-electron chi connectivity index (χ0n) is 9.07. The van der Waals surface area contributed by atoms with Crippen LogP contribution in [0.2, 0.25) is 0 Å². The summed E-state index contributed by atoms with van der Waals surface area (Å²) >= 11 is 1.57. The molecule has 84 valence electrons. The quantitative estimate of drug-likeness (QED) is 0.825. The van der Waals surface area contributed by atoms with Crippen molar-refractivity contribution in [3.63, 3.8) is 0 Å². The number of hydrogen-bond acceptors (Lipinski definition) is 4. The van der Waals surface area contributed by atoms with E-state index in [1.54, 1.807) is 17.5 Å². The average Bonchev–Trinajstić information content (AvgIpc) is 2.83. The maximum absolute atomic E-state index is 10.7. The van der Waals surface area contributed by atoms with Crippen molar-refractivity contribution in [2.45, 2.75) is 31.8 Å². The second-order valence-electron chi connectivity index (χ2n) is 4.14. The molecule has 0 aliphatic carbocycles. The average molecular weight is 226 g/mol. The Morgan fingerprint density at radius 1 is 1.60 bits per heavy atom. The second kappa shape index (κ2) is 4.60. The van der Waals surface area contributed by atoms with E-state index >= 15 is 0 Å². The topological polar surface area (TPSA) is 45.2 Å². The number of rotatable bonds is 3. The highest BCUT2D eigenvalue weighted by Crippen LogP contribution is 2.38. The molecular formula is C11H18N2OS. The zero-order chi connectivity index (χ0) is 10.7. The summed E-state index contributed by atoms with van der Waals surface area (Å²) in [5, 5.41) is 16.9. The highest BCUT2D eigenvalue weighted by Gasteiger charge is 2.39. The predicted octanol–water partition coefficient (Wildman–Crippen LogP) is 1.74. The van der Waals surface area contributed by atoms with Gasteiger partial charge in [0.2, 0.25) is 0 Å². The van der Waals surface area contributed by atoms with Gasteiger partial charge in [0.25, 0.3) is 0 Å². The molecule has 1 unspecified atom stereocenters. The second-order valence-corrected chi connectivity index (χ2v) is 5.03. The van der Waals surface area contributed by atoms with E-state index < -0.39 is 5.60 Å². The lowest BCUT2D eigenvalue weighted by Gasteiger charge is -2.36. The van der Waals surface area contributed by atoms with Crippen LogP contribution in [0, 0.1) is 5.92 Å². The first kappa shape index (κ1) is 11.0. The fourth-order valence-electron chi connectivity index (χ4n) is 2.35. The Labute approximate surface area is 94.5 Å². The van der Waals surface area contributed by atoms with Gasteiger partial charge in [0.1, 0.15) is 10.6 Å². The van der Waals surface area contributed by atoms with E-state index in [1.807, 2.05) is 12.3 Å². The molecule has 0 spiro atoms. The molecule has 2 rings (SSSR count). The van der Waals surface area contributed by atoms with Crippen molar-refractivity contribution >= 4 is 11.3 Å². The molecular weight excluding hydrogens is 208 g/mol. The van der Waals surface area contributed by atoms with E-state index in [0.717, 1.165) is 37.4 Å². The maximum atomic E-state index is 10.7. The number of aliphatic hydroxyl groups is 1. The van der Waals surface area contributed by atoms with Crippen LogP contribution in [-0.4, -0.2) is 23.2 Å². The van der Waals surface area contributed by atoms with Gasteiger partial charge in [-0.3, -0.25) is 0 Å². The molecule has 0 radical (unpaired) electrons. The molecule has 15 heavy (non-hydrogen) atoms. The van der Waals surface area contributed by atoms with Crippen molar-refractivity contribution in [2.24, 2.45) is 5.92 Å². The van der Waals surface area contributed by atoms with E-state index in [2.05, 4.69) is 10.3 Å². The van der Waals surface area contributed by atoms with Crippen LogP contribution in [0.1, 0.15) is 31.2 Å². The van der Waals surface area contributed by atoms with E-state index in [9.17, 15) is 5.11 Å². The molecule has 1 aliphatic heterocycles. The Balaban J connectivity index is 2.20. The Kier molecular flexibility index (Phi) is 3.38. The van der Waals surface area contributed by atoms with Gasteiger partial charge in [-0.2, -0.15) is 0 Å². The van der Waals surface area contributed by atoms with Crippen LogP contribution in [0.4, 0.5) is 0 Å². The van der Waals surface area contributed by atoms with Crippen molar-refractivity contribution in [3.05, 3.63) is 16.6 Å². The van der Waals surface area contributed by atoms with E-state index in [4.69, 9.17) is 0 Å². The molecule has 2 heterocycles. The van der Waals surface area contributed by atoms with Crippen LogP contribution >= 0.6 is 11.3 Å². The minimum atomic E-state index is -0.698. The number of hydrogen-bond donors (Lipinski definition) is 2. The molecule has 1 saturated heterocycles. The Hall–Kier alpha value is -0.450. The smallest absolute Gasteiger partial charge is 0.125 e. The lowest BCUT2D eigenvalue weighted by molar-refractivity contribution is -0.0396. The highest BCUT2D eigenvalue weighted by molar-refractivity contribution is 7.09. The van der Waals surface area contributed by atoms with E-state index in [1.165, 1.54) is 0 Å². The first-order chi connectivity index (χ1) is 7.27. The molecule has 1 aromatic rings. The Bertz CT molecular complexity index is 296. The van der Waals surface area contributed by atoms with Crippen molar-refractivity contribution in [2.75, 3.05) is 13.1 Å². The van der Waals surface area contributed by atoms with E-state index in [0.29, 0.717) is 5.92 Å². The number of nitrogens with one attached hydrogen (secondary N) is 1. The predicted molar refractivity (Wildman–Crippen MR) is 61.9 cm³/mol. The van der Waals surface area contributed by atoms with Gasteiger partial charge in [-0.15, -0.1) is 11.3 Å². The summed E-state index contributed by atoms with van der Waals surface area (Å²) < 4.78 is 0. The first-order valence-electron chi connectivity index (χ1n) is 5.60. The summed E-state index contributed by atoms with van der Waals surface area (Å²) in [6, 6.07) is 0. The van der Waals surface area contributed by atoms with Crippen molar-refractivity contribution in [1.29, 1.82) is 0 Å². The monoisotopic (exact) mass is 226 g/mol. The Morgan fingerprint density at radius 3 is 2.87 bits per heavy atom. The zero-order valence-corrected chi connectivity index (χ0v) is 9.89. The third kappa shape index (κ3) is 2.07. The van der Waals surface area contributed by atoms with Gasteiger partial charge in [-0.05, 0) is 38.3 Å². The molecule has 1 fully saturated rings. The standard InChI is InChI=1S/C11H18N2OS/c1-2-11(14,10-13-7-8-15-10)9-3-5-12-6-4-9/h7-9,12,14H,2-6H2,1H3. The minimum Gasteiger partial charge on any atom is -0.382 e. The van der Waals surface area contributed by atoms with Crippen LogP contribution in [0.15, 0.2) is 11.6 Å². The summed E-state index contributed by atoms with van der Waals surface area (Å²) in [5.41, 5.74) is -0.698. The highest BCUT2D eigenvalue weighted by atomic mass is 32.1. The maximum Gasteiger partial charge on any atom is 0.125 e. The lowest BCUT2D eigenvalue weighted by atomic mass is 9.79. The fraction of sp³-hybridized carbons (Fsp3) is 0.727. The van der Waals surface area contributed by atoms with Crippen molar-refractivity contribution < 1.29 is 5.11 Å². The molecule has 1 aromatic heterocycles. The molecule has 0 saturated carbocycles. The number of thiazole rings is 1. The van der Waals surface area contributed by atoms with Gasteiger partial charge in [0, 0.05) is 11.6 Å². The molecule has 4 heteroatoms. The molecule has 0 bridgehead atoms. The van der Waals surface area contributed by atoms with Gasteiger partial charge in [-0.25, -0.2) is 4.98 Å². The third-order valence-corrected chi connectivity index (χ3v) is 4.30. The van der Waals surface area contributed by atoms with Crippen LogP contribution in [0.5, 0.6) is 0 Å². The van der Waals surface area contributed by atoms with Gasteiger partial charge in [0.05, 0.1) is 0 Å². The van der Waals surface area contributed by atoms with Crippen LogP contribution in [0.25, 0.3) is 0 Å². The molecule has 3 nitrogen and oxygen atoms in total. The van der Waals surface area contributed by atoms with Gasteiger partial charge < -0.3 is 10.4 Å². The summed E-state index contributed by atoms with van der Waals surface area (Å²) in [7, 11) is 0. The molecule has 0 aromatic carbocycles. The van der Waals surface area contributed by atoms with Gasteiger partial charge >= 0.3 is 0 Å². The normalized spacial score (nSPS) is 22.5. The molecule has 1 aliphatic rings. The van der Waals surface area contributed by atoms with E-state index in [-0.39, 0.29) is 0 Å². The van der Waals surface area contributed by atoms with Crippen molar-refractivity contribution in [1.82, 2.24) is 10.3 Å². The Morgan fingerprint density at radius 2 is 2.33 bits per heavy atom. The van der Waals surface area contributed by atoms with Gasteiger partial charge in [0.15, 0.2) is 0 Å². The van der Waals surface area contributed by atoms with Crippen molar-refractivity contribution in [3.8, 4) is 0 Å². The number of aromatic nitrogens is 1. The summed E-state index contributed by atoms with van der Waals surface area (Å²) in [6.45, 7) is 4.07. The number of piperidine rings is 1. The summed E-state index contributed by atoms with van der Waals surface area (Å²) in [5.74, 6) is 0.356. The minimum absolute atomic E-state index is 0.356. The summed E-state index contributed by atoms with van der Waals surface area (Å²) in [4.78, 5) is 4.28. The largest absolute Gasteiger partial charge is 0.382 e. The fourth-order valence-corrected chi connectivity index (χ4v) is 3.24. The molecule has 2 N–H and O–H groups in total. The van der Waals surface area contributed by atoms with Crippen LogP contribution in [0.3, 0.4) is 0 Å². The lowest BCUT2D eigenvalue weighted by Crippen LogP contribution is -2.41. The third-order valence-electron chi connectivity index (χ3n) is 3.36. The summed E-state index contributed by atoms with van der Waals surface area (Å²) in [6.07, 6.45) is 4.63.